The first kappa shape index (κ1) is 18.5. The van der Waals surface area contributed by atoms with Crippen molar-refractivity contribution in [3.63, 3.8) is 0 Å². The van der Waals surface area contributed by atoms with E-state index in [1.807, 2.05) is 6.07 Å². The summed E-state index contributed by atoms with van der Waals surface area (Å²) in [5, 5.41) is 12.5. The van der Waals surface area contributed by atoms with Gasteiger partial charge in [-0.2, -0.15) is 0 Å². The third kappa shape index (κ3) is 6.94. The zero-order valence-electron chi connectivity index (χ0n) is 14.3. The van der Waals surface area contributed by atoms with Crippen LogP contribution in [-0.4, -0.2) is 42.7 Å². The van der Waals surface area contributed by atoms with Crippen molar-refractivity contribution in [2.45, 2.75) is 39.7 Å². The van der Waals surface area contributed by atoms with Crippen LogP contribution in [0.3, 0.4) is 0 Å². The highest BCUT2D eigenvalue weighted by atomic mass is 16.3. The standard InChI is InChI=1S/C18H31N3O/c1-4-9-16(12-13-22)14-20-18(19-5-2)21(3)15-17-10-7-6-8-11-17/h6-8,10-11,16,22H,4-5,9,12-15H2,1-3H3,(H,19,20). The normalized spacial score (nSPS) is 13.0. The number of aliphatic imine (C=N–C) groups is 1. The average molecular weight is 305 g/mol. The Labute approximate surface area is 135 Å². The molecule has 4 nitrogen and oxygen atoms in total. The lowest BCUT2D eigenvalue weighted by atomic mass is 10.0. The van der Waals surface area contributed by atoms with Gasteiger partial charge in [-0.25, -0.2) is 0 Å². The van der Waals surface area contributed by atoms with Crippen LogP contribution in [0.2, 0.25) is 0 Å². The van der Waals surface area contributed by atoms with E-state index in [1.165, 1.54) is 5.56 Å². The van der Waals surface area contributed by atoms with E-state index in [4.69, 9.17) is 10.1 Å². The summed E-state index contributed by atoms with van der Waals surface area (Å²) in [6, 6.07) is 10.4. The molecule has 0 heterocycles. The molecule has 0 aliphatic heterocycles. The predicted molar refractivity (Wildman–Crippen MR) is 94.0 cm³/mol. The van der Waals surface area contributed by atoms with Crippen LogP contribution in [0.15, 0.2) is 35.3 Å². The van der Waals surface area contributed by atoms with E-state index in [0.29, 0.717) is 5.92 Å². The number of guanidine groups is 1. The molecule has 1 unspecified atom stereocenters. The molecule has 1 atom stereocenters. The average Bonchev–Trinajstić information content (AvgIpc) is 2.52. The number of aliphatic hydroxyl groups excluding tert-OH is 1. The van der Waals surface area contributed by atoms with Gasteiger partial charge >= 0.3 is 0 Å². The number of benzene rings is 1. The Balaban J connectivity index is 2.67. The van der Waals surface area contributed by atoms with Gasteiger partial charge < -0.3 is 15.3 Å². The summed E-state index contributed by atoms with van der Waals surface area (Å²) in [5.74, 6) is 1.40. The Hall–Kier alpha value is -1.55. The fraction of sp³-hybridized carbons (Fsp3) is 0.611. The first-order valence-electron chi connectivity index (χ1n) is 8.35. The van der Waals surface area contributed by atoms with Crippen LogP contribution >= 0.6 is 0 Å². The molecule has 22 heavy (non-hydrogen) atoms. The van der Waals surface area contributed by atoms with Crippen LogP contribution in [0, 0.1) is 5.92 Å². The Bertz CT molecular complexity index is 414. The molecule has 0 radical (unpaired) electrons. The lowest BCUT2D eigenvalue weighted by Crippen LogP contribution is -2.38. The molecule has 0 saturated heterocycles. The summed E-state index contributed by atoms with van der Waals surface area (Å²) in [5.41, 5.74) is 1.27. The van der Waals surface area contributed by atoms with E-state index in [1.54, 1.807) is 0 Å². The van der Waals surface area contributed by atoms with Gasteiger partial charge in [0.2, 0.25) is 0 Å². The predicted octanol–water partition coefficient (Wildman–Crippen LogP) is 2.88. The van der Waals surface area contributed by atoms with E-state index in [0.717, 1.165) is 44.9 Å². The minimum absolute atomic E-state index is 0.247. The second kappa shape index (κ2) is 11.1. The summed E-state index contributed by atoms with van der Waals surface area (Å²) in [4.78, 5) is 6.92. The zero-order valence-corrected chi connectivity index (χ0v) is 14.3. The topological polar surface area (TPSA) is 47.9 Å². The van der Waals surface area contributed by atoms with E-state index in [2.05, 4.69) is 55.4 Å². The largest absolute Gasteiger partial charge is 0.396 e. The summed E-state index contributed by atoms with van der Waals surface area (Å²) in [6.45, 7) is 6.98. The number of rotatable bonds is 9. The number of hydrogen-bond donors (Lipinski definition) is 2. The molecule has 0 fully saturated rings. The van der Waals surface area contributed by atoms with Crippen molar-refractivity contribution in [3.8, 4) is 0 Å². The summed E-state index contributed by atoms with van der Waals surface area (Å²) < 4.78 is 0. The first-order chi connectivity index (χ1) is 10.7. The van der Waals surface area contributed by atoms with E-state index < -0.39 is 0 Å². The van der Waals surface area contributed by atoms with Gasteiger partial charge in [0.25, 0.3) is 0 Å². The minimum atomic E-state index is 0.247. The van der Waals surface area contributed by atoms with Crippen molar-refractivity contribution in [2.24, 2.45) is 10.9 Å². The van der Waals surface area contributed by atoms with E-state index in [-0.39, 0.29) is 6.61 Å². The molecule has 2 N–H and O–H groups in total. The molecular formula is C18H31N3O. The Morgan fingerprint density at radius 1 is 1.23 bits per heavy atom. The fourth-order valence-corrected chi connectivity index (χ4v) is 2.54. The molecule has 1 aromatic rings. The highest BCUT2D eigenvalue weighted by molar-refractivity contribution is 5.79. The molecule has 1 rings (SSSR count). The van der Waals surface area contributed by atoms with Gasteiger partial charge in [0, 0.05) is 33.3 Å². The molecular weight excluding hydrogens is 274 g/mol. The van der Waals surface area contributed by atoms with Gasteiger partial charge in [-0.3, -0.25) is 4.99 Å². The lowest BCUT2D eigenvalue weighted by Gasteiger charge is -2.23. The van der Waals surface area contributed by atoms with Gasteiger partial charge in [0.1, 0.15) is 0 Å². The molecule has 124 valence electrons. The third-order valence-corrected chi connectivity index (χ3v) is 3.69. The molecule has 0 saturated carbocycles. The van der Waals surface area contributed by atoms with Gasteiger partial charge in [-0.1, -0.05) is 43.7 Å². The quantitative estimate of drug-likeness (QED) is 0.545. The molecule has 0 aliphatic carbocycles. The maximum Gasteiger partial charge on any atom is 0.193 e. The van der Waals surface area contributed by atoms with Crippen LogP contribution in [0.5, 0.6) is 0 Å². The second-order valence-corrected chi connectivity index (χ2v) is 5.70. The van der Waals surface area contributed by atoms with Gasteiger partial charge in [0.05, 0.1) is 0 Å². The summed E-state index contributed by atoms with van der Waals surface area (Å²) in [6.07, 6.45) is 3.08. The molecule has 4 heteroatoms. The zero-order chi connectivity index (χ0) is 16.2. The first-order valence-corrected chi connectivity index (χ1v) is 8.35. The highest BCUT2D eigenvalue weighted by Crippen LogP contribution is 2.11. The summed E-state index contributed by atoms with van der Waals surface area (Å²) >= 11 is 0. The van der Waals surface area contributed by atoms with Crippen LogP contribution in [0.1, 0.15) is 38.7 Å². The van der Waals surface area contributed by atoms with Crippen LogP contribution in [0.4, 0.5) is 0 Å². The number of nitrogens with zero attached hydrogens (tertiary/aromatic N) is 2. The van der Waals surface area contributed by atoms with Crippen molar-refractivity contribution >= 4 is 5.96 Å². The monoisotopic (exact) mass is 305 g/mol. The molecule has 0 amide bonds. The second-order valence-electron chi connectivity index (χ2n) is 5.70. The van der Waals surface area contributed by atoms with Crippen molar-refractivity contribution in [1.82, 2.24) is 10.2 Å². The van der Waals surface area contributed by atoms with Crippen molar-refractivity contribution in [3.05, 3.63) is 35.9 Å². The Morgan fingerprint density at radius 3 is 2.55 bits per heavy atom. The van der Waals surface area contributed by atoms with Crippen LogP contribution < -0.4 is 5.32 Å². The number of hydrogen-bond acceptors (Lipinski definition) is 2. The van der Waals surface area contributed by atoms with Crippen molar-refractivity contribution in [1.29, 1.82) is 0 Å². The van der Waals surface area contributed by atoms with Gasteiger partial charge in [-0.15, -0.1) is 0 Å². The number of aliphatic hydroxyl groups is 1. The number of nitrogens with one attached hydrogen (secondary N) is 1. The van der Waals surface area contributed by atoms with Gasteiger partial charge in [-0.05, 0) is 31.2 Å². The SMILES string of the molecule is CCCC(CCO)CN=C(NCC)N(C)Cc1ccccc1. The van der Waals surface area contributed by atoms with Crippen molar-refractivity contribution in [2.75, 3.05) is 26.7 Å². The summed E-state index contributed by atoms with van der Waals surface area (Å²) in [7, 11) is 2.06. The molecule has 1 aromatic carbocycles. The maximum atomic E-state index is 9.16. The third-order valence-electron chi connectivity index (χ3n) is 3.69. The van der Waals surface area contributed by atoms with E-state index in [9.17, 15) is 0 Å². The maximum absolute atomic E-state index is 9.16. The lowest BCUT2D eigenvalue weighted by molar-refractivity contribution is 0.253. The smallest absolute Gasteiger partial charge is 0.193 e. The van der Waals surface area contributed by atoms with Gasteiger partial charge in [0.15, 0.2) is 5.96 Å². The van der Waals surface area contributed by atoms with E-state index >= 15 is 0 Å². The minimum Gasteiger partial charge on any atom is -0.396 e. The molecule has 0 aliphatic rings. The van der Waals surface area contributed by atoms with Crippen LogP contribution in [0.25, 0.3) is 0 Å². The van der Waals surface area contributed by atoms with Crippen molar-refractivity contribution < 1.29 is 5.11 Å². The van der Waals surface area contributed by atoms with Crippen LogP contribution in [-0.2, 0) is 6.54 Å². The fourth-order valence-electron chi connectivity index (χ4n) is 2.54. The highest BCUT2D eigenvalue weighted by Gasteiger charge is 2.10. The molecule has 0 bridgehead atoms. The Kier molecular flexibility index (Phi) is 9.31. The Morgan fingerprint density at radius 2 is 1.95 bits per heavy atom. The molecule has 0 aromatic heterocycles. The molecule has 0 spiro atoms.